The second-order valence-electron chi connectivity index (χ2n) is 5.23. The maximum Gasteiger partial charge on any atom is 0.150 e. The van der Waals surface area contributed by atoms with E-state index in [9.17, 15) is 0 Å². The van der Waals surface area contributed by atoms with Crippen molar-refractivity contribution in [2.24, 2.45) is 11.8 Å². The summed E-state index contributed by atoms with van der Waals surface area (Å²) in [6.07, 6.45) is 8.21. The van der Waals surface area contributed by atoms with Crippen molar-refractivity contribution in [2.45, 2.75) is 44.8 Å². The second-order valence-corrected chi connectivity index (χ2v) is 12.2. The van der Waals surface area contributed by atoms with Crippen molar-refractivity contribution in [1.29, 1.82) is 0 Å². The van der Waals surface area contributed by atoms with Gasteiger partial charge in [0.2, 0.25) is 0 Å². The molecule has 1 fully saturated rings. The van der Waals surface area contributed by atoms with Gasteiger partial charge < -0.3 is 0 Å². The van der Waals surface area contributed by atoms with Gasteiger partial charge in [-0.3, -0.25) is 0 Å². The standard InChI is InChI=1S/C11H19ClSi/c1-13(2,12)6-5-11-8-9-3-4-10(11)7-9/h8-10H,3-7H2,1-2H3. The van der Waals surface area contributed by atoms with Gasteiger partial charge in [-0.2, -0.15) is 11.1 Å². The Morgan fingerprint density at radius 3 is 2.69 bits per heavy atom. The number of halogens is 1. The van der Waals surface area contributed by atoms with Crippen LogP contribution < -0.4 is 0 Å². The highest BCUT2D eigenvalue weighted by Gasteiger charge is 2.32. The van der Waals surface area contributed by atoms with E-state index in [1.807, 2.05) is 0 Å². The van der Waals surface area contributed by atoms with Crippen molar-refractivity contribution < 1.29 is 0 Å². The summed E-state index contributed by atoms with van der Waals surface area (Å²) in [5.74, 6) is 1.90. The monoisotopic (exact) mass is 214 g/mol. The van der Waals surface area contributed by atoms with Crippen LogP contribution in [-0.2, 0) is 0 Å². The highest BCUT2D eigenvalue weighted by Crippen LogP contribution is 2.45. The first kappa shape index (κ1) is 9.79. The van der Waals surface area contributed by atoms with Crippen LogP contribution in [0.1, 0.15) is 25.7 Å². The summed E-state index contributed by atoms with van der Waals surface area (Å²) in [6, 6.07) is 1.27. The molecule has 0 N–H and O–H groups in total. The van der Waals surface area contributed by atoms with Crippen LogP contribution in [0.3, 0.4) is 0 Å². The topological polar surface area (TPSA) is 0 Å². The lowest BCUT2D eigenvalue weighted by Gasteiger charge is -2.17. The molecular weight excluding hydrogens is 196 g/mol. The van der Waals surface area contributed by atoms with Crippen LogP contribution in [0.15, 0.2) is 11.6 Å². The molecule has 2 heteroatoms. The largest absolute Gasteiger partial charge is 0.168 e. The predicted octanol–water partition coefficient (Wildman–Crippen LogP) is 4.18. The molecule has 2 bridgehead atoms. The van der Waals surface area contributed by atoms with Crippen LogP contribution in [-0.4, -0.2) is 7.38 Å². The Morgan fingerprint density at radius 1 is 1.46 bits per heavy atom. The number of hydrogen-bond donors (Lipinski definition) is 0. The zero-order valence-corrected chi connectivity index (χ0v) is 10.4. The zero-order chi connectivity index (χ0) is 9.47. The third kappa shape index (κ3) is 2.38. The number of allylic oxidation sites excluding steroid dienone is 2. The summed E-state index contributed by atoms with van der Waals surface area (Å²) >= 11 is 6.33. The van der Waals surface area contributed by atoms with Gasteiger partial charge in [0.15, 0.2) is 7.38 Å². The third-order valence-corrected chi connectivity index (χ3v) is 5.46. The van der Waals surface area contributed by atoms with Crippen LogP contribution in [0.2, 0.25) is 19.1 Å². The van der Waals surface area contributed by atoms with E-state index >= 15 is 0 Å². The highest BCUT2D eigenvalue weighted by atomic mass is 35.6. The highest BCUT2D eigenvalue weighted by molar-refractivity contribution is 7.19. The van der Waals surface area contributed by atoms with Crippen molar-refractivity contribution in [3.63, 3.8) is 0 Å². The minimum Gasteiger partial charge on any atom is -0.168 e. The van der Waals surface area contributed by atoms with E-state index in [0.29, 0.717) is 0 Å². The molecule has 2 rings (SSSR count). The van der Waals surface area contributed by atoms with Crippen molar-refractivity contribution in [3.8, 4) is 0 Å². The Labute approximate surface area is 87.1 Å². The normalized spacial score (nSPS) is 32.4. The van der Waals surface area contributed by atoms with Gasteiger partial charge in [0.25, 0.3) is 0 Å². The molecule has 2 unspecified atom stereocenters. The van der Waals surface area contributed by atoms with Crippen LogP contribution in [0, 0.1) is 11.8 Å². The van der Waals surface area contributed by atoms with Crippen molar-refractivity contribution in [3.05, 3.63) is 11.6 Å². The fraction of sp³-hybridized carbons (Fsp3) is 0.818. The maximum atomic E-state index is 6.33. The van der Waals surface area contributed by atoms with E-state index in [1.165, 1.54) is 31.7 Å². The Bertz CT molecular complexity index is 227. The first-order valence-electron chi connectivity index (χ1n) is 5.44. The molecular formula is C11H19ClSi. The molecule has 0 spiro atoms. The number of hydrogen-bond acceptors (Lipinski definition) is 0. The average Bonchev–Trinajstić information content (AvgIpc) is 2.58. The van der Waals surface area contributed by atoms with Crippen LogP contribution in [0.5, 0.6) is 0 Å². The smallest absolute Gasteiger partial charge is 0.150 e. The second kappa shape index (κ2) is 3.43. The molecule has 2 aliphatic rings. The first-order chi connectivity index (χ1) is 6.04. The molecule has 0 heterocycles. The molecule has 0 aromatic carbocycles. The van der Waals surface area contributed by atoms with E-state index in [-0.39, 0.29) is 0 Å². The summed E-state index contributed by atoms with van der Waals surface area (Å²) in [4.78, 5) is 0. The van der Waals surface area contributed by atoms with E-state index in [2.05, 4.69) is 19.2 Å². The van der Waals surface area contributed by atoms with Crippen molar-refractivity contribution >= 4 is 18.5 Å². The molecule has 0 radical (unpaired) electrons. The summed E-state index contributed by atoms with van der Waals surface area (Å²) in [7, 11) is -1.32. The maximum absolute atomic E-state index is 6.33. The quantitative estimate of drug-likeness (QED) is 0.376. The van der Waals surface area contributed by atoms with Gasteiger partial charge in [0.05, 0.1) is 0 Å². The first-order valence-corrected chi connectivity index (χ1v) is 9.66. The van der Waals surface area contributed by atoms with Gasteiger partial charge in [0, 0.05) is 0 Å². The summed E-state index contributed by atoms with van der Waals surface area (Å²) in [6.45, 7) is 4.50. The van der Waals surface area contributed by atoms with E-state index < -0.39 is 7.38 Å². The number of fused-ring (bicyclic) bond motifs is 2. The van der Waals surface area contributed by atoms with Crippen LogP contribution >= 0.6 is 11.1 Å². The average molecular weight is 215 g/mol. The molecule has 0 aromatic rings. The Morgan fingerprint density at radius 2 is 2.23 bits per heavy atom. The minimum atomic E-state index is -1.32. The zero-order valence-electron chi connectivity index (χ0n) is 8.65. The van der Waals surface area contributed by atoms with Gasteiger partial charge in [-0.1, -0.05) is 24.7 Å². The van der Waals surface area contributed by atoms with Gasteiger partial charge in [-0.05, 0) is 43.6 Å². The van der Waals surface area contributed by atoms with E-state index in [4.69, 9.17) is 11.1 Å². The predicted molar refractivity (Wildman–Crippen MR) is 61.7 cm³/mol. The van der Waals surface area contributed by atoms with Crippen molar-refractivity contribution in [2.75, 3.05) is 0 Å². The lowest BCUT2D eigenvalue weighted by molar-refractivity contribution is 0.635. The molecule has 2 atom stereocenters. The fourth-order valence-electron chi connectivity index (χ4n) is 2.67. The van der Waals surface area contributed by atoms with E-state index in [0.717, 1.165) is 11.8 Å². The molecule has 0 saturated heterocycles. The van der Waals surface area contributed by atoms with Gasteiger partial charge in [-0.15, -0.1) is 0 Å². The van der Waals surface area contributed by atoms with Crippen LogP contribution in [0.4, 0.5) is 0 Å². The SMILES string of the molecule is C[Si](C)(Cl)CCC1=CC2CCC1C2. The van der Waals surface area contributed by atoms with Crippen molar-refractivity contribution in [1.82, 2.24) is 0 Å². The van der Waals surface area contributed by atoms with E-state index in [1.54, 1.807) is 5.57 Å². The molecule has 0 aromatic heterocycles. The molecule has 1 saturated carbocycles. The Balaban J connectivity index is 1.87. The molecule has 74 valence electrons. The summed E-state index contributed by atoms with van der Waals surface area (Å²) in [5, 5.41) is 0. The van der Waals surface area contributed by atoms with Gasteiger partial charge >= 0.3 is 0 Å². The Hall–Kier alpha value is 0.247. The fourth-order valence-corrected chi connectivity index (χ4v) is 3.84. The minimum absolute atomic E-state index is 0.945. The summed E-state index contributed by atoms with van der Waals surface area (Å²) < 4.78 is 0. The molecule has 0 aliphatic heterocycles. The Kier molecular flexibility index (Phi) is 2.58. The molecule has 0 amide bonds. The summed E-state index contributed by atoms with van der Waals surface area (Å²) in [5.41, 5.74) is 1.75. The van der Waals surface area contributed by atoms with Gasteiger partial charge in [0.1, 0.15) is 0 Å². The number of rotatable bonds is 3. The van der Waals surface area contributed by atoms with Gasteiger partial charge in [-0.25, -0.2) is 0 Å². The lowest BCUT2D eigenvalue weighted by Crippen LogP contribution is -2.16. The third-order valence-electron chi connectivity index (χ3n) is 3.46. The molecule has 13 heavy (non-hydrogen) atoms. The van der Waals surface area contributed by atoms with Crippen LogP contribution in [0.25, 0.3) is 0 Å². The lowest BCUT2D eigenvalue weighted by atomic mass is 9.97. The molecule has 0 nitrogen and oxygen atoms in total. The molecule has 2 aliphatic carbocycles.